The first kappa shape index (κ1) is 15.2. The number of benzene rings is 1. The summed E-state index contributed by atoms with van der Waals surface area (Å²) in [5, 5.41) is 3.61. The van der Waals surface area contributed by atoms with Crippen LogP contribution in [0.15, 0.2) is 12.1 Å². The lowest BCUT2D eigenvalue weighted by molar-refractivity contribution is 0.161. The van der Waals surface area contributed by atoms with Gasteiger partial charge in [-0.15, -0.1) is 0 Å². The fourth-order valence-electron chi connectivity index (χ4n) is 2.53. The maximum absolute atomic E-state index is 5.26. The minimum atomic E-state index is 0.458. The van der Waals surface area contributed by atoms with Gasteiger partial charge in [0.1, 0.15) is 0 Å². The van der Waals surface area contributed by atoms with Gasteiger partial charge in [0, 0.05) is 19.7 Å². The summed E-state index contributed by atoms with van der Waals surface area (Å²) in [5.41, 5.74) is 5.54. The molecule has 0 spiro atoms. The molecule has 0 aliphatic rings. The van der Waals surface area contributed by atoms with Gasteiger partial charge in [0.2, 0.25) is 0 Å². The van der Waals surface area contributed by atoms with Crippen LogP contribution in [0, 0.1) is 20.8 Å². The molecule has 0 aliphatic carbocycles. The molecule has 0 bridgehead atoms. The van der Waals surface area contributed by atoms with Gasteiger partial charge in [0.05, 0.1) is 6.61 Å². The molecule has 1 rings (SSSR count). The Balaban J connectivity index is 2.66. The molecule has 0 aromatic heterocycles. The second kappa shape index (κ2) is 7.55. The maximum Gasteiger partial charge on any atom is 0.0615 e. The molecule has 1 atom stereocenters. The van der Waals surface area contributed by atoms with Gasteiger partial charge in [-0.3, -0.25) is 0 Å². The van der Waals surface area contributed by atoms with E-state index in [-0.39, 0.29) is 0 Å². The Hall–Kier alpha value is -0.860. The van der Waals surface area contributed by atoms with E-state index in [2.05, 4.69) is 45.1 Å². The minimum Gasteiger partial charge on any atom is -0.383 e. The Morgan fingerprint density at radius 1 is 1.17 bits per heavy atom. The highest BCUT2D eigenvalue weighted by molar-refractivity contribution is 5.37. The van der Waals surface area contributed by atoms with Gasteiger partial charge in [-0.1, -0.05) is 31.0 Å². The molecule has 0 saturated carbocycles. The summed E-state index contributed by atoms with van der Waals surface area (Å²) in [4.78, 5) is 0. The Morgan fingerprint density at radius 3 is 2.28 bits per heavy atom. The first-order valence-electron chi connectivity index (χ1n) is 6.87. The van der Waals surface area contributed by atoms with Crippen LogP contribution in [0.2, 0.25) is 0 Å². The van der Waals surface area contributed by atoms with Crippen LogP contribution in [0.3, 0.4) is 0 Å². The predicted octanol–water partition coefficient (Wildman–Crippen LogP) is 3.52. The molecule has 0 heterocycles. The van der Waals surface area contributed by atoms with Crippen LogP contribution in [0.5, 0.6) is 0 Å². The normalized spacial score (nSPS) is 12.7. The van der Waals surface area contributed by atoms with Crippen LogP contribution < -0.4 is 5.32 Å². The largest absolute Gasteiger partial charge is 0.383 e. The molecule has 2 nitrogen and oxygen atoms in total. The molecule has 0 saturated heterocycles. The van der Waals surface area contributed by atoms with E-state index >= 15 is 0 Å². The smallest absolute Gasteiger partial charge is 0.0615 e. The van der Waals surface area contributed by atoms with E-state index in [1.807, 2.05) is 0 Å². The number of ether oxygens (including phenoxy) is 1. The van der Waals surface area contributed by atoms with E-state index in [1.165, 1.54) is 28.7 Å². The minimum absolute atomic E-state index is 0.458. The van der Waals surface area contributed by atoms with Crippen molar-refractivity contribution in [3.05, 3.63) is 34.4 Å². The van der Waals surface area contributed by atoms with E-state index in [9.17, 15) is 0 Å². The molecule has 102 valence electrons. The highest BCUT2D eigenvalue weighted by Crippen LogP contribution is 2.16. The molecule has 0 fully saturated rings. The summed E-state index contributed by atoms with van der Waals surface area (Å²) in [6, 6.07) is 4.98. The lowest BCUT2D eigenvalue weighted by Gasteiger charge is -2.19. The fraction of sp³-hybridized carbons (Fsp3) is 0.625. The van der Waals surface area contributed by atoms with Crippen molar-refractivity contribution in [1.82, 2.24) is 5.32 Å². The number of rotatable bonds is 7. The molecule has 1 unspecified atom stereocenters. The number of methoxy groups -OCH3 is 1. The van der Waals surface area contributed by atoms with Gasteiger partial charge >= 0.3 is 0 Å². The summed E-state index contributed by atoms with van der Waals surface area (Å²) in [6.45, 7) is 10.5. The lowest BCUT2D eigenvalue weighted by atomic mass is 9.99. The Kier molecular flexibility index (Phi) is 6.37. The van der Waals surface area contributed by atoms with E-state index in [4.69, 9.17) is 4.74 Å². The van der Waals surface area contributed by atoms with Gasteiger partial charge in [-0.05, 0) is 43.9 Å². The van der Waals surface area contributed by atoms with Crippen molar-refractivity contribution in [3.63, 3.8) is 0 Å². The molecule has 2 heteroatoms. The maximum atomic E-state index is 5.26. The predicted molar refractivity (Wildman–Crippen MR) is 78.1 cm³/mol. The SMILES string of the molecule is CCCC(COC)NCc1c(C)cc(C)cc1C. The molecule has 1 N–H and O–H groups in total. The first-order chi connectivity index (χ1) is 8.58. The average molecular weight is 249 g/mol. The van der Waals surface area contributed by atoms with Crippen molar-refractivity contribution in [2.24, 2.45) is 0 Å². The monoisotopic (exact) mass is 249 g/mol. The molecule has 1 aromatic rings. The number of hydrogen-bond donors (Lipinski definition) is 1. The second-order valence-electron chi connectivity index (χ2n) is 5.20. The summed E-state index contributed by atoms with van der Waals surface area (Å²) in [5.74, 6) is 0. The zero-order chi connectivity index (χ0) is 13.5. The number of nitrogens with one attached hydrogen (secondary N) is 1. The quantitative estimate of drug-likeness (QED) is 0.798. The molecule has 18 heavy (non-hydrogen) atoms. The van der Waals surface area contributed by atoms with E-state index in [0.717, 1.165) is 19.6 Å². The Labute approximate surface area is 112 Å². The molecule has 0 radical (unpaired) electrons. The summed E-state index contributed by atoms with van der Waals surface area (Å²) in [7, 11) is 1.77. The number of hydrogen-bond acceptors (Lipinski definition) is 2. The van der Waals surface area contributed by atoms with Crippen molar-refractivity contribution in [1.29, 1.82) is 0 Å². The van der Waals surface area contributed by atoms with E-state index < -0.39 is 0 Å². The van der Waals surface area contributed by atoms with Crippen molar-refractivity contribution < 1.29 is 4.74 Å². The molecule has 0 aliphatic heterocycles. The van der Waals surface area contributed by atoms with E-state index in [0.29, 0.717) is 6.04 Å². The van der Waals surface area contributed by atoms with Crippen LogP contribution in [-0.2, 0) is 11.3 Å². The van der Waals surface area contributed by atoms with Crippen LogP contribution in [0.1, 0.15) is 42.0 Å². The topological polar surface area (TPSA) is 21.3 Å². The van der Waals surface area contributed by atoms with E-state index in [1.54, 1.807) is 7.11 Å². The van der Waals surface area contributed by atoms with Crippen LogP contribution >= 0.6 is 0 Å². The van der Waals surface area contributed by atoms with Crippen LogP contribution in [-0.4, -0.2) is 19.8 Å². The van der Waals surface area contributed by atoms with Gasteiger partial charge in [0.25, 0.3) is 0 Å². The van der Waals surface area contributed by atoms with Crippen LogP contribution in [0.4, 0.5) is 0 Å². The lowest BCUT2D eigenvalue weighted by Crippen LogP contribution is -2.33. The molecule has 0 amide bonds. The summed E-state index contributed by atoms with van der Waals surface area (Å²) < 4.78 is 5.26. The molecular formula is C16H27NO. The third kappa shape index (κ3) is 4.43. The van der Waals surface area contributed by atoms with Crippen LogP contribution in [0.25, 0.3) is 0 Å². The van der Waals surface area contributed by atoms with Crippen molar-refractivity contribution in [2.75, 3.05) is 13.7 Å². The third-order valence-electron chi connectivity index (χ3n) is 3.41. The Morgan fingerprint density at radius 2 is 1.78 bits per heavy atom. The second-order valence-corrected chi connectivity index (χ2v) is 5.20. The van der Waals surface area contributed by atoms with Gasteiger partial charge in [-0.2, -0.15) is 0 Å². The average Bonchev–Trinajstić information content (AvgIpc) is 2.28. The van der Waals surface area contributed by atoms with Gasteiger partial charge in [0.15, 0.2) is 0 Å². The van der Waals surface area contributed by atoms with Crippen molar-refractivity contribution in [2.45, 2.75) is 53.1 Å². The Bertz CT molecular complexity index is 344. The van der Waals surface area contributed by atoms with Crippen molar-refractivity contribution in [3.8, 4) is 0 Å². The highest BCUT2D eigenvalue weighted by atomic mass is 16.5. The van der Waals surface area contributed by atoms with Crippen molar-refractivity contribution >= 4 is 0 Å². The first-order valence-corrected chi connectivity index (χ1v) is 6.87. The fourth-order valence-corrected chi connectivity index (χ4v) is 2.53. The van der Waals surface area contributed by atoms with Gasteiger partial charge < -0.3 is 10.1 Å². The highest BCUT2D eigenvalue weighted by Gasteiger charge is 2.09. The third-order valence-corrected chi connectivity index (χ3v) is 3.41. The van der Waals surface area contributed by atoms with Gasteiger partial charge in [-0.25, -0.2) is 0 Å². The standard InChI is InChI=1S/C16H27NO/c1-6-7-15(11-18-5)17-10-16-13(3)8-12(2)9-14(16)4/h8-9,15,17H,6-7,10-11H2,1-5H3. The molecule has 1 aromatic carbocycles. The number of aryl methyl sites for hydroxylation is 3. The summed E-state index contributed by atoms with van der Waals surface area (Å²) in [6.07, 6.45) is 2.35. The molecular weight excluding hydrogens is 222 g/mol. The summed E-state index contributed by atoms with van der Waals surface area (Å²) >= 11 is 0. The zero-order valence-electron chi connectivity index (χ0n) is 12.5. The zero-order valence-corrected chi connectivity index (χ0v) is 12.5.